The topological polar surface area (TPSA) is 101 Å². The first kappa shape index (κ1) is 16.2. The molecule has 0 unspecified atom stereocenters. The van der Waals surface area contributed by atoms with Gasteiger partial charge in [0.1, 0.15) is 0 Å². The van der Waals surface area contributed by atoms with Crippen LogP contribution in [0.25, 0.3) is 0 Å². The molecule has 1 aromatic rings. The third kappa shape index (κ3) is 3.20. The van der Waals surface area contributed by atoms with Crippen LogP contribution in [0.4, 0.5) is 0 Å². The van der Waals surface area contributed by atoms with E-state index < -0.39 is 25.4 Å². The Hall–Kier alpha value is -1.81. The van der Waals surface area contributed by atoms with Crippen LogP contribution >= 0.6 is 7.53 Å². The molecule has 110 valence electrons. The molecule has 0 aliphatic carbocycles. The maximum Gasteiger partial charge on any atom is 0.340 e. The highest BCUT2D eigenvalue weighted by atomic mass is 31.1. The molecule has 0 saturated heterocycles. The molecule has 6 nitrogen and oxygen atoms in total. The molecule has 7 heteroatoms. The molecule has 0 fully saturated rings. The van der Waals surface area contributed by atoms with Crippen LogP contribution in [0.1, 0.15) is 44.7 Å². The van der Waals surface area contributed by atoms with Crippen LogP contribution in [0.3, 0.4) is 0 Å². The minimum atomic E-state index is -1.51. The summed E-state index contributed by atoms with van der Waals surface area (Å²) in [7, 11) is -1.51. The van der Waals surface area contributed by atoms with E-state index in [9.17, 15) is 24.6 Å². The highest BCUT2D eigenvalue weighted by Gasteiger charge is 2.26. The zero-order valence-corrected chi connectivity index (χ0v) is 12.5. The Bertz CT molecular complexity index is 520. The largest absolute Gasteiger partial charge is 0.477 e. The Kier molecular flexibility index (Phi) is 5.34. The summed E-state index contributed by atoms with van der Waals surface area (Å²) in [5, 5.41) is 18.8. The van der Waals surface area contributed by atoms with Gasteiger partial charge in [-0.1, -0.05) is 7.53 Å². The monoisotopic (exact) mass is 300 g/mol. The highest BCUT2D eigenvalue weighted by molar-refractivity contribution is 7.53. The second kappa shape index (κ2) is 6.57. The van der Waals surface area contributed by atoms with Crippen molar-refractivity contribution in [2.45, 2.75) is 33.4 Å². The van der Waals surface area contributed by atoms with E-state index in [2.05, 4.69) is 0 Å². The van der Waals surface area contributed by atoms with E-state index in [4.69, 9.17) is 4.74 Å². The first-order chi connectivity index (χ1) is 9.31. The number of ether oxygens (including phenoxy) is 1. The molecule has 1 rings (SSSR count). The van der Waals surface area contributed by atoms with Gasteiger partial charge < -0.3 is 14.9 Å². The van der Waals surface area contributed by atoms with Crippen molar-refractivity contribution in [3.8, 4) is 0 Å². The van der Waals surface area contributed by atoms with Crippen LogP contribution in [0, 0.1) is 13.8 Å². The van der Waals surface area contributed by atoms with E-state index in [1.165, 1.54) is 0 Å². The quantitative estimate of drug-likeness (QED) is 0.783. The van der Waals surface area contributed by atoms with Gasteiger partial charge in [0, 0.05) is 0 Å². The fraction of sp³-hybridized carbons (Fsp3) is 0.462. The standard InChI is InChI=1S/C13H17O6P/c1-4-19-9(14)5-6-20-10(12(15)16)7(2)8(3)11(20)13(17)18/h4-6H2,1-3H3,(H,15,16)(H,17,18). The van der Waals surface area contributed by atoms with E-state index in [1.807, 2.05) is 0 Å². The lowest BCUT2D eigenvalue weighted by atomic mass is 10.1. The average Bonchev–Trinajstić information content (AvgIpc) is 2.59. The molecular weight excluding hydrogens is 283 g/mol. The maximum atomic E-state index is 11.4. The van der Waals surface area contributed by atoms with Crippen molar-refractivity contribution < 1.29 is 29.3 Å². The Morgan fingerprint density at radius 3 is 1.85 bits per heavy atom. The SMILES string of the molecule is CCOC(=O)CCp1c(C(=O)O)c(C)c(C)c1C(=O)O. The van der Waals surface area contributed by atoms with Crippen molar-refractivity contribution in [3.63, 3.8) is 0 Å². The summed E-state index contributed by atoms with van der Waals surface area (Å²) >= 11 is 0. The molecule has 1 aromatic heterocycles. The molecule has 20 heavy (non-hydrogen) atoms. The number of carbonyl (C=O) groups is 3. The molecular formula is C13H17O6P. The van der Waals surface area contributed by atoms with E-state index >= 15 is 0 Å². The molecule has 0 aliphatic heterocycles. The Morgan fingerprint density at radius 2 is 1.50 bits per heavy atom. The number of hydrogen-bond donors (Lipinski definition) is 2. The van der Waals surface area contributed by atoms with Crippen molar-refractivity contribution in [1.82, 2.24) is 0 Å². The van der Waals surface area contributed by atoms with Crippen LogP contribution < -0.4 is 0 Å². The number of aromatic carboxylic acids is 2. The Labute approximate surface area is 117 Å². The van der Waals surface area contributed by atoms with Gasteiger partial charge in [0.15, 0.2) is 0 Å². The van der Waals surface area contributed by atoms with Crippen molar-refractivity contribution in [2.75, 3.05) is 6.61 Å². The second-order valence-corrected chi connectivity index (χ2v) is 6.46. The molecule has 1 heterocycles. The van der Waals surface area contributed by atoms with Crippen LogP contribution in [0.2, 0.25) is 0 Å². The third-order valence-electron chi connectivity index (χ3n) is 3.06. The van der Waals surface area contributed by atoms with Crippen LogP contribution in [-0.4, -0.2) is 34.7 Å². The third-order valence-corrected chi connectivity index (χ3v) is 5.87. The van der Waals surface area contributed by atoms with Gasteiger partial charge in [0.25, 0.3) is 0 Å². The fourth-order valence-electron chi connectivity index (χ4n) is 2.08. The number of carbonyl (C=O) groups excluding carboxylic acids is 1. The van der Waals surface area contributed by atoms with Gasteiger partial charge >= 0.3 is 17.9 Å². The molecule has 0 spiro atoms. The van der Waals surface area contributed by atoms with Crippen molar-refractivity contribution in [1.29, 1.82) is 0 Å². The lowest BCUT2D eigenvalue weighted by molar-refractivity contribution is -0.142. The summed E-state index contributed by atoms with van der Waals surface area (Å²) in [4.78, 5) is 34.0. The van der Waals surface area contributed by atoms with E-state index in [1.54, 1.807) is 20.8 Å². The summed E-state index contributed by atoms with van der Waals surface area (Å²) in [6.45, 7) is 5.14. The second-order valence-electron chi connectivity index (χ2n) is 4.26. The number of rotatable bonds is 6. The summed E-state index contributed by atoms with van der Waals surface area (Å²) in [6, 6.07) is 0. The van der Waals surface area contributed by atoms with Crippen LogP contribution in [0.5, 0.6) is 0 Å². The van der Waals surface area contributed by atoms with Crippen molar-refractivity contribution >= 4 is 25.4 Å². The number of carboxylic acids is 2. The zero-order chi connectivity index (χ0) is 15.4. The molecule has 0 bridgehead atoms. The molecule has 0 radical (unpaired) electrons. The first-order valence-corrected chi connectivity index (χ1v) is 7.65. The Balaban J connectivity index is 3.21. The van der Waals surface area contributed by atoms with Crippen LogP contribution in [0.15, 0.2) is 0 Å². The Morgan fingerprint density at radius 1 is 1.05 bits per heavy atom. The van der Waals surface area contributed by atoms with Crippen molar-refractivity contribution in [3.05, 3.63) is 21.7 Å². The molecule has 2 N–H and O–H groups in total. The summed E-state index contributed by atoms with van der Waals surface area (Å²) in [6.07, 6.45) is 0.208. The normalized spacial score (nSPS) is 10.3. The predicted octanol–water partition coefficient (Wildman–Crippen LogP) is 2.64. The molecule has 0 atom stereocenters. The van der Waals surface area contributed by atoms with Crippen LogP contribution in [-0.2, 0) is 15.7 Å². The summed E-state index contributed by atoms with van der Waals surface area (Å²) in [5.74, 6) is -2.67. The van der Waals surface area contributed by atoms with Gasteiger partial charge in [0.05, 0.1) is 23.6 Å². The smallest absolute Gasteiger partial charge is 0.340 e. The molecule has 0 amide bonds. The van der Waals surface area contributed by atoms with Gasteiger partial charge in [-0.2, -0.15) is 0 Å². The zero-order valence-electron chi connectivity index (χ0n) is 11.6. The number of hydrogen-bond acceptors (Lipinski definition) is 4. The van der Waals surface area contributed by atoms with Gasteiger partial charge in [-0.15, -0.1) is 0 Å². The van der Waals surface area contributed by atoms with Gasteiger partial charge in [-0.05, 0) is 38.1 Å². The lowest BCUT2D eigenvalue weighted by Crippen LogP contribution is -2.05. The predicted molar refractivity (Wildman–Crippen MR) is 73.8 cm³/mol. The number of esters is 1. The lowest BCUT2D eigenvalue weighted by Gasteiger charge is -2.05. The fourth-order valence-corrected chi connectivity index (χ4v) is 4.77. The summed E-state index contributed by atoms with van der Waals surface area (Å²) in [5.41, 5.74) is 0.981. The average molecular weight is 300 g/mol. The summed E-state index contributed by atoms with van der Waals surface area (Å²) < 4.78 is 4.79. The van der Waals surface area contributed by atoms with E-state index in [-0.39, 0.29) is 29.8 Å². The van der Waals surface area contributed by atoms with Crippen molar-refractivity contribution in [2.24, 2.45) is 0 Å². The van der Waals surface area contributed by atoms with Gasteiger partial charge in [-0.25, -0.2) is 9.59 Å². The molecule has 0 saturated carbocycles. The minimum Gasteiger partial charge on any atom is -0.477 e. The highest BCUT2D eigenvalue weighted by Crippen LogP contribution is 2.46. The van der Waals surface area contributed by atoms with E-state index in [0.717, 1.165) is 0 Å². The minimum absolute atomic E-state index is 0.0215. The maximum absolute atomic E-state index is 11.4. The molecule has 0 aromatic carbocycles. The molecule has 0 aliphatic rings. The van der Waals surface area contributed by atoms with Gasteiger partial charge in [-0.3, -0.25) is 4.79 Å². The van der Waals surface area contributed by atoms with E-state index in [0.29, 0.717) is 11.1 Å². The first-order valence-electron chi connectivity index (χ1n) is 6.13. The van der Waals surface area contributed by atoms with Gasteiger partial charge in [0.2, 0.25) is 0 Å². The number of carboxylic acid groups (broad SMARTS) is 2.